The topological polar surface area (TPSA) is 24.5 Å². The Morgan fingerprint density at radius 2 is 1.84 bits per heavy atom. The fourth-order valence-electron chi connectivity index (χ4n) is 2.09. The lowest BCUT2D eigenvalue weighted by Gasteiger charge is -2.24. The van der Waals surface area contributed by atoms with Crippen LogP contribution >= 0.6 is 0 Å². The van der Waals surface area contributed by atoms with Crippen molar-refractivity contribution in [2.75, 3.05) is 24.6 Å². The van der Waals surface area contributed by atoms with Gasteiger partial charge in [0.15, 0.2) is 0 Å². The van der Waals surface area contributed by atoms with Gasteiger partial charge in [0.1, 0.15) is 5.75 Å². The van der Waals surface area contributed by atoms with Crippen molar-refractivity contribution < 1.29 is 4.74 Å². The fourth-order valence-corrected chi connectivity index (χ4v) is 2.09. The second kappa shape index (κ2) is 8.05. The quantitative estimate of drug-likeness (QED) is 0.778. The maximum atomic E-state index is 5.80. The third-order valence-electron chi connectivity index (χ3n) is 3.14. The Kier molecular flexibility index (Phi) is 6.71. The summed E-state index contributed by atoms with van der Waals surface area (Å²) in [4.78, 5) is 2.32. The molecule has 0 aliphatic carbocycles. The van der Waals surface area contributed by atoms with Crippen LogP contribution in [0.2, 0.25) is 0 Å². The summed E-state index contributed by atoms with van der Waals surface area (Å²) >= 11 is 0. The van der Waals surface area contributed by atoms with Crippen molar-refractivity contribution in [2.45, 2.75) is 47.2 Å². The minimum atomic E-state index is 0.498. The highest BCUT2D eigenvalue weighted by atomic mass is 16.5. The van der Waals surface area contributed by atoms with Gasteiger partial charge in [0.2, 0.25) is 0 Å². The third-order valence-corrected chi connectivity index (χ3v) is 3.14. The predicted molar refractivity (Wildman–Crippen MR) is 83.1 cm³/mol. The van der Waals surface area contributed by atoms with Crippen molar-refractivity contribution in [3.63, 3.8) is 0 Å². The van der Waals surface area contributed by atoms with Gasteiger partial charge in [-0.25, -0.2) is 0 Å². The summed E-state index contributed by atoms with van der Waals surface area (Å²) < 4.78 is 5.80. The Balaban J connectivity index is 2.93. The summed E-state index contributed by atoms with van der Waals surface area (Å²) in [6.07, 6.45) is 0. The average molecular weight is 264 g/mol. The molecule has 0 unspecified atom stereocenters. The Morgan fingerprint density at radius 1 is 1.16 bits per heavy atom. The van der Waals surface area contributed by atoms with Crippen molar-refractivity contribution in [3.8, 4) is 5.75 Å². The first-order chi connectivity index (χ1) is 9.12. The van der Waals surface area contributed by atoms with Crippen molar-refractivity contribution >= 4 is 5.69 Å². The molecule has 3 nitrogen and oxygen atoms in total. The van der Waals surface area contributed by atoms with Gasteiger partial charge in [-0.1, -0.05) is 19.9 Å². The lowest BCUT2D eigenvalue weighted by molar-refractivity contribution is 0.340. The molecular formula is C16H28N2O. The number of anilines is 1. The molecule has 0 saturated heterocycles. The minimum absolute atomic E-state index is 0.498. The zero-order valence-corrected chi connectivity index (χ0v) is 13.0. The molecule has 1 N–H and O–H groups in total. The van der Waals surface area contributed by atoms with Gasteiger partial charge < -0.3 is 15.0 Å². The zero-order chi connectivity index (χ0) is 14.3. The lowest BCUT2D eigenvalue weighted by atomic mass is 10.1. The Bertz CT molecular complexity index is 373. The van der Waals surface area contributed by atoms with Crippen LogP contribution in [0.4, 0.5) is 5.69 Å². The molecule has 0 bridgehead atoms. The van der Waals surface area contributed by atoms with E-state index in [4.69, 9.17) is 4.74 Å². The molecule has 0 spiro atoms. The molecule has 0 radical (unpaired) electrons. The van der Waals surface area contributed by atoms with Crippen LogP contribution < -0.4 is 15.0 Å². The molecule has 3 heteroatoms. The van der Waals surface area contributed by atoms with Gasteiger partial charge >= 0.3 is 0 Å². The van der Waals surface area contributed by atoms with Crippen molar-refractivity contribution in [2.24, 2.45) is 0 Å². The Morgan fingerprint density at radius 3 is 2.37 bits per heavy atom. The summed E-state index contributed by atoms with van der Waals surface area (Å²) in [5.74, 6) is 0.995. The van der Waals surface area contributed by atoms with Gasteiger partial charge in [0.05, 0.1) is 12.3 Å². The number of hydrogen-bond acceptors (Lipinski definition) is 3. The molecular weight excluding hydrogens is 236 g/mol. The summed E-state index contributed by atoms with van der Waals surface area (Å²) in [7, 11) is 0. The molecule has 0 aliphatic heterocycles. The molecule has 0 heterocycles. The predicted octanol–water partition coefficient (Wildman–Crippen LogP) is 3.43. The van der Waals surface area contributed by atoms with E-state index in [0.29, 0.717) is 12.6 Å². The highest BCUT2D eigenvalue weighted by Crippen LogP contribution is 2.29. The van der Waals surface area contributed by atoms with Crippen LogP contribution in [0, 0.1) is 0 Å². The van der Waals surface area contributed by atoms with Crippen molar-refractivity contribution in [3.05, 3.63) is 23.8 Å². The lowest BCUT2D eigenvalue weighted by Crippen LogP contribution is -2.24. The van der Waals surface area contributed by atoms with Gasteiger partial charge in [-0.3, -0.25) is 0 Å². The first-order valence-corrected chi connectivity index (χ1v) is 7.36. The van der Waals surface area contributed by atoms with E-state index in [1.165, 1.54) is 11.3 Å². The number of nitrogens with one attached hydrogen (secondary N) is 1. The van der Waals surface area contributed by atoms with E-state index < -0.39 is 0 Å². The number of rotatable bonds is 8. The van der Waals surface area contributed by atoms with Gasteiger partial charge in [-0.05, 0) is 38.5 Å². The highest BCUT2D eigenvalue weighted by molar-refractivity contribution is 5.59. The molecule has 19 heavy (non-hydrogen) atoms. The maximum Gasteiger partial charge on any atom is 0.142 e. The maximum absolute atomic E-state index is 5.80. The molecule has 108 valence electrons. The molecule has 1 aromatic carbocycles. The first kappa shape index (κ1) is 15.8. The summed E-state index contributed by atoms with van der Waals surface area (Å²) in [6, 6.07) is 7.02. The van der Waals surface area contributed by atoms with Crippen LogP contribution in [-0.4, -0.2) is 25.7 Å². The highest BCUT2D eigenvalue weighted by Gasteiger charge is 2.10. The van der Waals surface area contributed by atoms with E-state index >= 15 is 0 Å². The normalized spacial score (nSPS) is 10.8. The van der Waals surface area contributed by atoms with E-state index in [2.05, 4.69) is 56.1 Å². The monoisotopic (exact) mass is 264 g/mol. The SMILES string of the molecule is CCOc1cc(CNC(C)C)ccc1N(CC)CC. The van der Waals surface area contributed by atoms with E-state index in [1.807, 2.05) is 6.92 Å². The first-order valence-electron chi connectivity index (χ1n) is 7.36. The van der Waals surface area contributed by atoms with Crippen LogP contribution in [0.5, 0.6) is 5.75 Å². The standard InChI is InChI=1S/C16H28N2O/c1-6-18(7-2)15-10-9-14(12-17-13(4)5)11-16(15)19-8-3/h9-11,13,17H,6-8,12H2,1-5H3. The molecule has 0 aromatic heterocycles. The molecule has 0 atom stereocenters. The summed E-state index contributed by atoms with van der Waals surface area (Å²) in [6.45, 7) is 14.3. The van der Waals surface area contributed by atoms with Crippen molar-refractivity contribution in [1.29, 1.82) is 0 Å². The van der Waals surface area contributed by atoms with Crippen LogP contribution in [0.25, 0.3) is 0 Å². The van der Waals surface area contributed by atoms with Gasteiger partial charge in [-0.15, -0.1) is 0 Å². The number of nitrogens with zero attached hydrogens (tertiary/aromatic N) is 1. The van der Waals surface area contributed by atoms with E-state index in [9.17, 15) is 0 Å². The van der Waals surface area contributed by atoms with Crippen LogP contribution in [0.15, 0.2) is 18.2 Å². The Hall–Kier alpha value is -1.22. The number of ether oxygens (including phenoxy) is 1. The van der Waals surface area contributed by atoms with Crippen LogP contribution in [0.1, 0.15) is 40.2 Å². The molecule has 0 fully saturated rings. The second-order valence-electron chi connectivity index (χ2n) is 4.94. The third kappa shape index (κ3) is 4.75. The van der Waals surface area contributed by atoms with Crippen molar-refractivity contribution in [1.82, 2.24) is 5.32 Å². The molecule has 0 amide bonds. The molecule has 1 aromatic rings. The molecule has 0 aliphatic rings. The van der Waals surface area contributed by atoms with Crippen LogP contribution in [0.3, 0.4) is 0 Å². The number of benzene rings is 1. The fraction of sp³-hybridized carbons (Fsp3) is 0.625. The van der Waals surface area contributed by atoms with Gasteiger partial charge in [0, 0.05) is 25.7 Å². The van der Waals surface area contributed by atoms with E-state index in [0.717, 1.165) is 25.4 Å². The second-order valence-corrected chi connectivity index (χ2v) is 4.94. The smallest absolute Gasteiger partial charge is 0.142 e. The summed E-state index contributed by atoms with van der Waals surface area (Å²) in [5.41, 5.74) is 2.47. The average Bonchev–Trinajstić information content (AvgIpc) is 2.40. The van der Waals surface area contributed by atoms with E-state index in [1.54, 1.807) is 0 Å². The van der Waals surface area contributed by atoms with E-state index in [-0.39, 0.29) is 0 Å². The van der Waals surface area contributed by atoms with Gasteiger partial charge in [-0.2, -0.15) is 0 Å². The molecule has 0 saturated carbocycles. The largest absolute Gasteiger partial charge is 0.492 e. The zero-order valence-electron chi connectivity index (χ0n) is 13.0. The number of hydrogen-bond donors (Lipinski definition) is 1. The van der Waals surface area contributed by atoms with Gasteiger partial charge in [0.25, 0.3) is 0 Å². The molecule has 1 rings (SSSR count). The Labute approximate surface area is 118 Å². The minimum Gasteiger partial charge on any atom is -0.492 e. The summed E-state index contributed by atoms with van der Waals surface area (Å²) in [5, 5.41) is 3.44. The van der Waals surface area contributed by atoms with Crippen LogP contribution in [-0.2, 0) is 6.54 Å².